The highest BCUT2D eigenvalue weighted by molar-refractivity contribution is 7.89. The first-order valence-corrected chi connectivity index (χ1v) is 7.99. The molecule has 1 saturated carbocycles. The summed E-state index contributed by atoms with van der Waals surface area (Å²) in [6.45, 7) is 2.46. The van der Waals surface area contributed by atoms with Crippen LogP contribution in [0.5, 0.6) is 0 Å². The van der Waals surface area contributed by atoms with Gasteiger partial charge in [0.25, 0.3) is 5.69 Å². The van der Waals surface area contributed by atoms with Crippen LogP contribution in [0, 0.1) is 10.1 Å². The van der Waals surface area contributed by atoms with Gasteiger partial charge in [0.2, 0.25) is 10.0 Å². The number of anilines is 1. The molecular weight excluding hydrogens is 298 g/mol. The third-order valence-corrected chi connectivity index (χ3v) is 4.89. The zero-order chi connectivity index (χ0) is 15.6. The van der Waals surface area contributed by atoms with E-state index in [2.05, 4.69) is 4.72 Å². The molecule has 9 heteroatoms. The second-order valence-electron chi connectivity index (χ2n) is 4.85. The second-order valence-corrected chi connectivity index (χ2v) is 6.53. The zero-order valence-electron chi connectivity index (χ0n) is 11.5. The number of rotatable bonds is 6. The van der Waals surface area contributed by atoms with Crippen LogP contribution in [0.4, 0.5) is 11.4 Å². The third-order valence-electron chi connectivity index (χ3n) is 3.32. The van der Waals surface area contributed by atoms with Gasteiger partial charge in [-0.2, -0.15) is 0 Å². The van der Waals surface area contributed by atoms with Gasteiger partial charge in [0.15, 0.2) is 0 Å². The van der Waals surface area contributed by atoms with E-state index in [4.69, 9.17) is 10.5 Å². The molecule has 1 aromatic carbocycles. The Kier molecular flexibility index (Phi) is 4.45. The van der Waals surface area contributed by atoms with Gasteiger partial charge in [0.05, 0.1) is 16.7 Å². The summed E-state index contributed by atoms with van der Waals surface area (Å²) in [7, 11) is -3.88. The number of hydrogen-bond acceptors (Lipinski definition) is 6. The van der Waals surface area contributed by atoms with E-state index in [1.54, 1.807) is 0 Å². The van der Waals surface area contributed by atoms with Crippen LogP contribution in [0.1, 0.15) is 19.8 Å². The first-order chi connectivity index (χ1) is 9.83. The van der Waals surface area contributed by atoms with Gasteiger partial charge in [0.1, 0.15) is 4.90 Å². The number of nitro groups is 1. The van der Waals surface area contributed by atoms with Crippen molar-refractivity contribution in [2.24, 2.45) is 0 Å². The van der Waals surface area contributed by atoms with Crippen LogP contribution in [0.15, 0.2) is 23.1 Å². The van der Waals surface area contributed by atoms with Crippen molar-refractivity contribution >= 4 is 21.4 Å². The molecule has 0 spiro atoms. The molecule has 0 atom stereocenters. The molecule has 0 amide bonds. The predicted molar refractivity (Wildman–Crippen MR) is 76.3 cm³/mol. The van der Waals surface area contributed by atoms with E-state index in [0.717, 1.165) is 6.07 Å². The molecule has 3 N–H and O–H groups in total. The van der Waals surface area contributed by atoms with E-state index < -0.39 is 14.9 Å². The Morgan fingerprint density at radius 2 is 2.14 bits per heavy atom. The van der Waals surface area contributed by atoms with Crippen LogP contribution in [0.25, 0.3) is 0 Å². The lowest BCUT2D eigenvalue weighted by atomic mass is 9.90. The van der Waals surface area contributed by atoms with Gasteiger partial charge in [-0.05, 0) is 25.8 Å². The Morgan fingerprint density at radius 3 is 2.71 bits per heavy atom. The smallest absolute Gasteiger partial charge is 0.270 e. The number of nitrogen functional groups attached to an aromatic ring is 1. The monoisotopic (exact) mass is 315 g/mol. The number of benzene rings is 1. The average Bonchev–Trinajstić information content (AvgIpc) is 2.36. The summed E-state index contributed by atoms with van der Waals surface area (Å²) in [4.78, 5) is 9.80. The minimum atomic E-state index is -3.88. The number of sulfonamides is 1. The first-order valence-electron chi connectivity index (χ1n) is 6.51. The van der Waals surface area contributed by atoms with Gasteiger partial charge in [-0.3, -0.25) is 10.1 Å². The summed E-state index contributed by atoms with van der Waals surface area (Å²) in [5, 5.41) is 10.7. The van der Waals surface area contributed by atoms with Gasteiger partial charge in [0, 0.05) is 24.8 Å². The fraction of sp³-hybridized carbons (Fsp3) is 0.500. The number of ether oxygens (including phenoxy) is 1. The molecule has 116 valence electrons. The Balaban J connectivity index is 2.13. The molecule has 0 unspecified atom stereocenters. The molecule has 0 saturated heterocycles. The molecular formula is C12H17N3O5S. The van der Waals surface area contributed by atoms with Crippen molar-refractivity contribution in [3.8, 4) is 0 Å². The van der Waals surface area contributed by atoms with Crippen LogP contribution < -0.4 is 10.5 Å². The molecule has 0 bridgehead atoms. The summed E-state index contributed by atoms with van der Waals surface area (Å²) < 4.78 is 32.3. The highest BCUT2D eigenvalue weighted by Gasteiger charge is 2.34. The number of nitrogens with two attached hydrogens (primary N) is 1. The highest BCUT2D eigenvalue weighted by Crippen LogP contribution is 2.28. The quantitative estimate of drug-likeness (QED) is 0.459. The van der Waals surface area contributed by atoms with Gasteiger partial charge in [-0.25, -0.2) is 13.1 Å². The molecule has 21 heavy (non-hydrogen) atoms. The summed E-state index contributed by atoms with van der Waals surface area (Å²) in [5.41, 5.74) is 5.29. The fourth-order valence-electron chi connectivity index (χ4n) is 2.19. The third kappa shape index (κ3) is 3.49. The first kappa shape index (κ1) is 15.7. The molecule has 2 rings (SSSR count). The molecule has 1 aliphatic rings. The van der Waals surface area contributed by atoms with E-state index in [1.165, 1.54) is 12.1 Å². The topological polar surface area (TPSA) is 125 Å². The number of hydrogen-bond donors (Lipinski definition) is 2. The van der Waals surface area contributed by atoms with Crippen molar-refractivity contribution in [2.45, 2.75) is 36.8 Å². The van der Waals surface area contributed by atoms with E-state index in [9.17, 15) is 18.5 Å². The number of nitrogens with one attached hydrogen (secondary N) is 1. The fourth-order valence-corrected chi connectivity index (χ4v) is 3.60. The minimum Gasteiger partial charge on any atom is -0.398 e. The van der Waals surface area contributed by atoms with Gasteiger partial charge < -0.3 is 10.5 Å². The van der Waals surface area contributed by atoms with E-state index in [1.807, 2.05) is 6.92 Å². The SMILES string of the molecule is CCOC1CC(NS(=O)(=O)c2cc([N+](=O)[O-])ccc2N)C1. The molecule has 1 aromatic rings. The number of nitrogens with zero attached hydrogens (tertiary/aromatic N) is 1. The maximum absolute atomic E-state index is 12.2. The van der Waals surface area contributed by atoms with Crippen molar-refractivity contribution in [2.75, 3.05) is 12.3 Å². The Hall–Kier alpha value is -1.71. The van der Waals surface area contributed by atoms with E-state index in [0.29, 0.717) is 19.4 Å². The summed E-state index contributed by atoms with van der Waals surface area (Å²) in [6, 6.07) is 3.13. The Morgan fingerprint density at radius 1 is 1.48 bits per heavy atom. The van der Waals surface area contributed by atoms with Crippen molar-refractivity contribution in [3.05, 3.63) is 28.3 Å². The van der Waals surface area contributed by atoms with Crippen molar-refractivity contribution < 1.29 is 18.1 Å². The standard InChI is InChI=1S/C12H17N3O5S/c1-2-20-10-5-8(6-10)14-21(18,19)12-7-9(15(16)17)3-4-11(12)13/h3-4,7-8,10,14H,2,5-6,13H2,1H3. The minimum absolute atomic E-state index is 0.0196. The van der Waals surface area contributed by atoms with Crippen LogP contribution in [-0.4, -0.2) is 32.1 Å². The molecule has 1 fully saturated rings. The normalized spacial score (nSPS) is 21.8. The van der Waals surface area contributed by atoms with Gasteiger partial charge >= 0.3 is 0 Å². The summed E-state index contributed by atoms with van der Waals surface area (Å²) >= 11 is 0. The van der Waals surface area contributed by atoms with Crippen LogP contribution in [0.2, 0.25) is 0 Å². The lowest BCUT2D eigenvalue weighted by molar-refractivity contribution is -0.385. The summed E-state index contributed by atoms with van der Waals surface area (Å²) in [5.74, 6) is 0. The zero-order valence-corrected chi connectivity index (χ0v) is 12.3. The predicted octanol–water partition coefficient (Wildman–Crippen LogP) is 1.02. The summed E-state index contributed by atoms with van der Waals surface area (Å²) in [6.07, 6.45) is 1.23. The maximum Gasteiger partial charge on any atom is 0.270 e. The lowest BCUT2D eigenvalue weighted by Gasteiger charge is -2.35. The second kappa shape index (κ2) is 5.96. The van der Waals surface area contributed by atoms with E-state index >= 15 is 0 Å². The number of non-ortho nitro benzene ring substituents is 1. The van der Waals surface area contributed by atoms with Crippen molar-refractivity contribution in [3.63, 3.8) is 0 Å². The molecule has 0 radical (unpaired) electrons. The Labute approximate surface area is 122 Å². The van der Waals surface area contributed by atoms with Crippen molar-refractivity contribution in [1.29, 1.82) is 0 Å². The average molecular weight is 315 g/mol. The Bertz CT molecular complexity index is 640. The van der Waals surface area contributed by atoms with Crippen LogP contribution in [0.3, 0.4) is 0 Å². The van der Waals surface area contributed by atoms with Crippen LogP contribution in [-0.2, 0) is 14.8 Å². The number of nitro benzene ring substituents is 1. The molecule has 0 aliphatic heterocycles. The molecule has 8 nitrogen and oxygen atoms in total. The molecule has 0 heterocycles. The van der Waals surface area contributed by atoms with E-state index in [-0.39, 0.29) is 28.4 Å². The van der Waals surface area contributed by atoms with Crippen LogP contribution >= 0.6 is 0 Å². The molecule has 0 aromatic heterocycles. The van der Waals surface area contributed by atoms with Crippen molar-refractivity contribution in [1.82, 2.24) is 4.72 Å². The lowest BCUT2D eigenvalue weighted by Crippen LogP contribution is -2.47. The molecule has 1 aliphatic carbocycles. The van der Waals surface area contributed by atoms with Gasteiger partial charge in [-0.1, -0.05) is 0 Å². The maximum atomic E-state index is 12.2. The largest absolute Gasteiger partial charge is 0.398 e. The van der Waals surface area contributed by atoms with Gasteiger partial charge in [-0.15, -0.1) is 0 Å². The highest BCUT2D eigenvalue weighted by atomic mass is 32.2.